The van der Waals surface area contributed by atoms with Gasteiger partial charge in [0.2, 0.25) is 0 Å². The van der Waals surface area contributed by atoms with Gasteiger partial charge in [-0.25, -0.2) is 14.2 Å². The lowest BCUT2D eigenvalue weighted by Crippen LogP contribution is -2.10. The molecule has 1 aromatic heterocycles. The zero-order valence-electron chi connectivity index (χ0n) is 12.3. The second kappa shape index (κ2) is 5.95. The average Bonchev–Trinajstić information content (AvgIpc) is 2.78. The molecular weight excluding hydrogens is 273 g/mol. The predicted molar refractivity (Wildman–Crippen MR) is 78.0 cm³/mol. The van der Waals surface area contributed by atoms with Crippen LogP contribution in [0.15, 0.2) is 18.2 Å². The van der Waals surface area contributed by atoms with Gasteiger partial charge in [-0.3, -0.25) is 4.57 Å². The van der Waals surface area contributed by atoms with E-state index in [4.69, 9.17) is 10.5 Å². The molecule has 0 aliphatic carbocycles. The van der Waals surface area contributed by atoms with E-state index < -0.39 is 5.97 Å². The van der Waals surface area contributed by atoms with Gasteiger partial charge in [-0.15, -0.1) is 0 Å². The number of rotatable bonds is 4. The van der Waals surface area contributed by atoms with Crippen molar-refractivity contribution in [2.45, 2.75) is 27.2 Å². The number of nitrogen functional groups attached to an aromatic ring is 1. The summed E-state index contributed by atoms with van der Waals surface area (Å²) in [5.41, 5.74) is 7.52. The summed E-state index contributed by atoms with van der Waals surface area (Å²) in [7, 11) is 0. The standard InChI is InChI=1S/C15H18FN3O2/c1-4-12-18-13(15(20)21-5-2)14(17)19(12)11-8-10(16)7-6-9(11)3/h6-8H,4-5,17H2,1-3H3. The minimum absolute atomic E-state index is 0.0670. The van der Waals surface area contributed by atoms with Gasteiger partial charge in [0.05, 0.1) is 12.3 Å². The number of aryl methyl sites for hydroxylation is 2. The molecule has 112 valence electrons. The van der Waals surface area contributed by atoms with Gasteiger partial charge < -0.3 is 10.5 Å². The summed E-state index contributed by atoms with van der Waals surface area (Å²) < 4.78 is 20.1. The van der Waals surface area contributed by atoms with Crippen LogP contribution in [-0.2, 0) is 11.2 Å². The number of imidazole rings is 1. The first-order valence-corrected chi connectivity index (χ1v) is 6.80. The van der Waals surface area contributed by atoms with Crippen LogP contribution in [0.3, 0.4) is 0 Å². The van der Waals surface area contributed by atoms with E-state index in [1.165, 1.54) is 12.1 Å². The summed E-state index contributed by atoms with van der Waals surface area (Å²) in [4.78, 5) is 16.1. The van der Waals surface area contributed by atoms with Gasteiger partial charge in [0.25, 0.3) is 0 Å². The van der Waals surface area contributed by atoms with Crippen LogP contribution in [-0.4, -0.2) is 22.1 Å². The van der Waals surface area contributed by atoms with E-state index in [1.54, 1.807) is 17.6 Å². The van der Waals surface area contributed by atoms with E-state index in [9.17, 15) is 9.18 Å². The molecule has 1 heterocycles. The molecule has 0 saturated carbocycles. The maximum atomic E-state index is 13.5. The monoisotopic (exact) mass is 291 g/mol. The lowest BCUT2D eigenvalue weighted by Gasteiger charge is -2.12. The highest BCUT2D eigenvalue weighted by Crippen LogP contribution is 2.25. The maximum Gasteiger partial charge on any atom is 0.360 e. The molecule has 0 unspecified atom stereocenters. The first-order valence-electron chi connectivity index (χ1n) is 6.80. The largest absolute Gasteiger partial charge is 0.461 e. The highest BCUT2D eigenvalue weighted by atomic mass is 19.1. The van der Waals surface area contributed by atoms with Crippen LogP contribution in [0.2, 0.25) is 0 Å². The summed E-state index contributed by atoms with van der Waals surface area (Å²) in [5, 5.41) is 0. The van der Waals surface area contributed by atoms with Crippen molar-refractivity contribution in [2.24, 2.45) is 0 Å². The maximum absolute atomic E-state index is 13.5. The third-order valence-corrected chi connectivity index (χ3v) is 3.18. The number of benzene rings is 1. The molecule has 0 aliphatic heterocycles. The van der Waals surface area contributed by atoms with Crippen molar-refractivity contribution in [1.29, 1.82) is 0 Å². The number of nitrogens with two attached hydrogens (primary N) is 1. The SMILES string of the molecule is CCOC(=O)c1nc(CC)n(-c2cc(F)ccc2C)c1N. The minimum atomic E-state index is -0.572. The van der Waals surface area contributed by atoms with Crippen LogP contribution >= 0.6 is 0 Å². The van der Waals surface area contributed by atoms with Crippen molar-refractivity contribution in [3.8, 4) is 5.69 Å². The smallest absolute Gasteiger partial charge is 0.360 e. The molecule has 2 N–H and O–H groups in total. The van der Waals surface area contributed by atoms with Crippen molar-refractivity contribution >= 4 is 11.8 Å². The Morgan fingerprint density at radius 3 is 2.76 bits per heavy atom. The molecule has 0 aliphatic rings. The van der Waals surface area contributed by atoms with Crippen molar-refractivity contribution < 1.29 is 13.9 Å². The van der Waals surface area contributed by atoms with Gasteiger partial charge in [0.15, 0.2) is 5.69 Å². The normalized spacial score (nSPS) is 10.7. The van der Waals surface area contributed by atoms with Gasteiger partial charge in [0.1, 0.15) is 17.5 Å². The first kappa shape index (κ1) is 15.0. The van der Waals surface area contributed by atoms with E-state index in [0.717, 1.165) is 5.56 Å². The average molecular weight is 291 g/mol. The van der Waals surface area contributed by atoms with E-state index in [0.29, 0.717) is 17.9 Å². The van der Waals surface area contributed by atoms with Crippen LogP contribution in [0.1, 0.15) is 35.7 Å². The summed E-state index contributed by atoms with van der Waals surface area (Å²) >= 11 is 0. The number of aromatic nitrogens is 2. The Morgan fingerprint density at radius 1 is 1.43 bits per heavy atom. The molecule has 2 aromatic rings. The third-order valence-electron chi connectivity index (χ3n) is 3.18. The van der Waals surface area contributed by atoms with Crippen molar-refractivity contribution in [2.75, 3.05) is 12.3 Å². The molecule has 2 rings (SSSR count). The van der Waals surface area contributed by atoms with Gasteiger partial charge in [-0.1, -0.05) is 13.0 Å². The Hall–Kier alpha value is -2.37. The summed E-state index contributed by atoms with van der Waals surface area (Å²) in [6.45, 7) is 5.69. The number of esters is 1. The number of halogens is 1. The van der Waals surface area contributed by atoms with Crippen LogP contribution in [0.25, 0.3) is 5.69 Å². The van der Waals surface area contributed by atoms with E-state index in [2.05, 4.69) is 4.98 Å². The topological polar surface area (TPSA) is 70.1 Å². The fourth-order valence-electron chi connectivity index (χ4n) is 2.16. The third kappa shape index (κ3) is 2.74. The minimum Gasteiger partial charge on any atom is -0.461 e. The molecule has 6 heteroatoms. The Balaban J connectivity index is 2.63. The Labute approximate surface area is 122 Å². The lowest BCUT2D eigenvalue weighted by atomic mass is 10.2. The van der Waals surface area contributed by atoms with Gasteiger partial charge >= 0.3 is 5.97 Å². The highest BCUT2D eigenvalue weighted by Gasteiger charge is 2.22. The Kier molecular flexibility index (Phi) is 4.26. The van der Waals surface area contributed by atoms with E-state index in [1.807, 2.05) is 13.8 Å². The van der Waals surface area contributed by atoms with Crippen molar-refractivity contribution in [3.63, 3.8) is 0 Å². The number of carbonyl (C=O) groups excluding carboxylic acids is 1. The van der Waals surface area contributed by atoms with E-state index in [-0.39, 0.29) is 23.9 Å². The molecule has 0 spiro atoms. The molecule has 0 saturated heterocycles. The van der Waals surface area contributed by atoms with Gasteiger partial charge in [0, 0.05) is 6.42 Å². The molecular formula is C15H18FN3O2. The van der Waals surface area contributed by atoms with Gasteiger partial charge in [-0.2, -0.15) is 0 Å². The van der Waals surface area contributed by atoms with E-state index >= 15 is 0 Å². The summed E-state index contributed by atoms with van der Waals surface area (Å²) in [6.07, 6.45) is 0.555. The number of carbonyl (C=O) groups is 1. The molecule has 0 radical (unpaired) electrons. The summed E-state index contributed by atoms with van der Waals surface area (Å²) in [6, 6.07) is 4.42. The fourth-order valence-corrected chi connectivity index (χ4v) is 2.16. The van der Waals surface area contributed by atoms with Crippen LogP contribution in [0.4, 0.5) is 10.2 Å². The number of nitrogens with zero attached hydrogens (tertiary/aromatic N) is 2. The van der Waals surface area contributed by atoms with Crippen molar-refractivity contribution in [3.05, 3.63) is 41.1 Å². The zero-order valence-corrected chi connectivity index (χ0v) is 12.3. The van der Waals surface area contributed by atoms with Crippen LogP contribution in [0.5, 0.6) is 0 Å². The Bertz CT molecular complexity index is 680. The quantitative estimate of drug-likeness (QED) is 0.879. The molecule has 0 atom stereocenters. The summed E-state index contributed by atoms with van der Waals surface area (Å²) in [5.74, 6) is -0.191. The molecule has 0 bridgehead atoms. The molecule has 0 fully saturated rings. The number of anilines is 1. The van der Waals surface area contributed by atoms with Gasteiger partial charge in [-0.05, 0) is 31.5 Å². The number of hydrogen-bond donors (Lipinski definition) is 1. The molecule has 5 nitrogen and oxygen atoms in total. The molecule has 0 amide bonds. The second-order valence-corrected chi connectivity index (χ2v) is 4.60. The first-order chi connectivity index (χ1) is 9.99. The lowest BCUT2D eigenvalue weighted by molar-refractivity contribution is 0.0521. The zero-order chi connectivity index (χ0) is 15.6. The number of ether oxygens (including phenoxy) is 1. The van der Waals surface area contributed by atoms with Crippen LogP contribution in [0, 0.1) is 12.7 Å². The Morgan fingerprint density at radius 2 is 2.14 bits per heavy atom. The molecule has 1 aromatic carbocycles. The fraction of sp³-hybridized carbons (Fsp3) is 0.333. The van der Waals surface area contributed by atoms with Crippen LogP contribution < -0.4 is 5.73 Å². The molecule has 21 heavy (non-hydrogen) atoms. The second-order valence-electron chi connectivity index (χ2n) is 4.60. The number of hydrogen-bond acceptors (Lipinski definition) is 4. The predicted octanol–water partition coefficient (Wildman–Crippen LogP) is 2.64. The van der Waals surface area contributed by atoms with Crippen molar-refractivity contribution in [1.82, 2.24) is 9.55 Å². The highest BCUT2D eigenvalue weighted by molar-refractivity contribution is 5.92.